The molecule has 5 unspecified atom stereocenters. The van der Waals surface area contributed by atoms with E-state index < -0.39 is 97.5 Å². The van der Waals surface area contributed by atoms with Crippen molar-refractivity contribution in [3.63, 3.8) is 0 Å². The molecule has 0 bridgehead atoms. The maximum atomic E-state index is 13.1. The zero-order chi connectivity index (χ0) is 70.4. The predicted molar refractivity (Wildman–Crippen MR) is 390 cm³/mol. The molecule has 0 amide bonds. The van der Waals surface area contributed by atoms with Gasteiger partial charge in [-0.15, -0.1) is 0 Å². The fraction of sp³-hybridized carbons (Fsp3) is 0.818. The van der Waals surface area contributed by atoms with Gasteiger partial charge < -0.3 is 33.8 Å². The minimum atomic E-state index is -4.97. The second-order valence-electron chi connectivity index (χ2n) is 25.9. The van der Waals surface area contributed by atoms with Crippen LogP contribution in [0, 0.1) is 0 Å². The van der Waals surface area contributed by atoms with Crippen molar-refractivity contribution in [1.29, 1.82) is 0 Å². The molecular weight excluding hydrogens is 1260 g/mol. The molecule has 0 aliphatic heterocycles. The number of rotatable bonds is 73. The van der Waals surface area contributed by atoms with Crippen molar-refractivity contribution in [2.24, 2.45) is 0 Å². The van der Waals surface area contributed by atoms with Crippen molar-refractivity contribution >= 4 is 39.5 Å². The predicted octanol–water partition coefficient (Wildman–Crippen LogP) is 21.9. The van der Waals surface area contributed by atoms with Crippen molar-refractivity contribution in [2.75, 3.05) is 39.6 Å². The Labute approximate surface area is 584 Å². The summed E-state index contributed by atoms with van der Waals surface area (Å²) in [7, 11) is -9.94. The highest BCUT2D eigenvalue weighted by Gasteiger charge is 2.30. The lowest BCUT2D eigenvalue weighted by Gasteiger charge is -2.21. The van der Waals surface area contributed by atoms with Crippen molar-refractivity contribution in [1.82, 2.24) is 0 Å². The Balaban J connectivity index is 5.32. The van der Waals surface area contributed by atoms with Crippen LogP contribution in [-0.2, 0) is 65.4 Å². The number of carbonyl (C=O) groups excluding carboxylic acids is 4. The first-order chi connectivity index (χ1) is 46.7. The maximum Gasteiger partial charge on any atom is 0.472 e. The summed E-state index contributed by atoms with van der Waals surface area (Å²) in [6.45, 7) is 4.76. The normalized spacial score (nSPS) is 14.3. The molecule has 5 atom stereocenters. The highest BCUT2D eigenvalue weighted by molar-refractivity contribution is 7.47. The van der Waals surface area contributed by atoms with Crippen LogP contribution in [0.2, 0.25) is 0 Å². The van der Waals surface area contributed by atoms with Crippen LogP contribution in [0.5, 0.6) is 0 Å². The van der Waals surface area contributed by atoms with Gasteiger partial charge in [0.05, 0.1) is 26.4 Å². The molecule has 96 heavy (non-hydrogen) atoms. The average molecular weight is 1400 g/mol. The fourth-order valence-corrected chi connectivity index (χ4v) is 12.2. The van der Waals surface area contributed by atoms with E-state index in [-0.39, 0.29) is 25.7 Å². The van der Waals surface area contributed by atoms with Crippen LogP contribution < -0.4 is 0 Å². The van der Waals surface area contributed by atoms with E-state index in [4.69, 9.17) is 37.0 Å². The van der Waals surface area contributed by atoms with Gasteiger partial charge in [-0.2, -0.15) is 0 Å². The molecule has 0 saturated carbocycles. The van der Waals surface area contributed by atoms with Crippen molar-refractivity contribution in [3.8, 4) is 0 Å². The number of aliphatic hydroxyl groups excluding tert-OH is 1. The Morgan fingerprint density at radius 1 is 0.302 bits per heavy atom. The zero-order valence-corrected chi connectivity index (χ0v) is 62.8. The van der Waals surface area contributed by atoms with Crippen LogP contribution in [0.1, 0.15) is 349 Å². The number of phosphoric ester groups is 2. The standard InChI is InChI=1S/C77H140O17P2/c1-5-9-13-17-21-25-29-33-34-35-36-40-42-46-50-54-58-62-75(80)88-68-73(94-77(82)64-60-56-52-48-44-39-32-28-24-20-16-12-8-4)70-92-96(85,86)90-66-71(78)65-89-95(83,84)91-69-72(93-76(81)63-59-55-51-47-43-38-31-27-23-19-15-11-7-3)67-87-74(79)61-57-53-49-45-41-37-30-26-22-18-14-10-6-2/h9,13,21,25,28,32-34,36,40,71-73,78H,5-8,10-12,14-20,22-24,26-27,29-31,35,37-39,41-70H2,1-4H3,(H,83,84)(H,85,86)/b13-9-,25-21-,32-28-,34-33-,40-36-. The molecule has 0 aromatic heterocycles. The van der Waals surface area contributed by atoms with E-state index in [1.807, 2.05) is 0 Å². The number of aliphatic hydroxyl groups is 1. The summed E-state index contributed by atoms with van der Waals surface area (Å²) in [6, 6.07) is 0. The zero-order valence-electron chi connectivity index (χ0n) is 61.1. The number of carbonyl (C=O) groups is 4. The van der Waals surface area contributed by atoms with Gasteiger partial charge in [0.15, 0.2) is 12.2 Å². The molecule has 0 aromatic rings. The third-order valence-electron chi connectivity index (χ3n) is 16.5. The largest absolute Gasteiger partial charge is 0.472 e. The Morgan fingerprint density at radius 2 is 0.542 bits per heavy atom. The summed E-state index contributed by atoms with van der Waals surface area (Å²) in [4.78, 5) is 72.8. The molecular formula is C77H140O17P2. The SMILES string of the molecule is CC/C=C\C/C=C\C/C=C\C/C=C\CCCCCCC(=O)OCC(COP(=O)(O)OCC(O)COP(=O)(O)OCC(COC(=O)CCCCCCCCCCCCCCC)OC(=O)CCCCCCCCCCCCCCC)OC(=O)CCCCCCC/C=C\CCCCCC. The van der Waals surface area contributed by atoms with Crippen molar-refractivity contribution in [3.05, 3.63) is 60.8 Å². The van der Waals surface area contributed by atoms with Crippen molar-refractivity contribution < 1.29 is 80.2 Å². The number of phosphoric acid groups is 2. The molecule has 0 aliphatic carbocycles. The molecule has 3 N–H and O–H groups in total. The van der Waals surface area contributed by atoms with Crippen LogP contribution in [0.25, 0.3) is 0 Å². The maximum absolute atomic E-state index is 13.1. The third-order valence-corrected chi connectivity index (χ3v) is 18.4. The molecule has 0 radical (unpaired) electrons. The fourth-order valence-electron chi connectivity index (χ4n) is 10.6. The lowest BCUT2D eigenvalue weighted by Crippen LogP contribution is -2.30. The third kappa shape index (κ3) is 69.2. The lowest BCUT2D eigenvalue weighted by molar-refractivity contribution is -0.161. The summed E-state index contributed by atoms with van der Waals surface area (Å²) in [5.74, 6) is -2.18. The Kier molecular flexibility index (Phi) is 67.8. The lowest BCUT2D eigenvalue weighted by atomic mass is 10.0. The van der Waals surface area contributed by atoms with E-state index in [0.717, 1.165) is 135 Å². The van der Waals surface area contributed by atoms with Gasteiger partial charge in [0.2, 0.25) is 0 Å². The molecule has 0 heterocycles. The van der Waals surface area contributed by atoms with E-state index in [2.05, 4.69) is 88.5 Å². The van der Waals surface area contributed by atoms with Gasteiger partial charge >= 0.3 is 39.5 Å². The minimum absolute atomic E-state index is 0.0826. The molecule has 19 heteroatoms. The molecule has 17 nitrogen and oxygen atoms in total. The van der Waals surface area contributed by atoms with E-state index in [0.29, 0.717) is 25.7 Å². The number of hydrogen-bond acceptors (Lipinski definition) is 15. The summed E-state index contributed by atoms with van der Waals surface area (Å²) in [5.41, 5.74) is 0. The molecule has 0 rings (SSSR count). The van der Waals surface area contributed by atoms with Gasteiger partial charge in [-0.1, -0.05) is 294 Å². The molecule has 0 spiro atoms. The quantitative estimate of drug-likeness (QED) is 0.0169. The number of allylic oxidation sites excluding steroid dienone is 10. The monoisotopic (exact) mass is 1400 g/mol. The molecule has 0 aliphatic rings. The second kappa shape index (κ2) is 70.2. The smallest absolute Gasteiger partial charge is 0.462 e. The Hall–Kier alpha value is -3.24. The topological polar surface area (TPSA) is 237 Å². The van der Waals surface area contributed by atoms with Crippen LogP contribution in [0.3, 0.4) is 0 Å². The van der Waals surface area contributed by atoms with Crippen LogP contribution in [0.15, 0.2) is 60.8 Å². The van der Waals surface area contributed by atoms with Gasteiger partial charge in [0.25, 0.3) is 0 Å². The van der Waals surface area contributed by atoms with Gasteiger partial charge in [-0.3, -0.25) is 37.3 Å². The van der Waals surface area contributed by atoms with Gasteiger partial charge in [-0.05, 0) is 89.9 Å². The van der Waals surface area contributed by atoms with Crippen LogP contribution in [-0.4, -0.2) is 96.7 Å². The molecule has 0 aromatic carbocycles. The Morgan fingerprint density at radius 3 is 0.854 bits per heavy atom. The van der Waals surface area contributed by atoms with Gasteiger partial charge in [0.1, 0.15) is 19.3 Å². The Bertz CT molecular complexity index is 2060. The molecule has 0 saturated heterocycles. The number of hydrogen-bond donors (Lipinski definition) is 3. The first-order valence-electron chi connectivity index (χ1n) is 38.5. The summed E-state index contributed by atoms with van der Waals surface area (Å²) in [6.07, 6.45) is 67.8. The van der Waals surface area contributed by atoms with Crippen LogP contribution >= 0.6 is 15.6 Å². The molecule has 0 fully saturated rings. The van der Waals surface area contributed by atoms with E-state index >= 15 is 0 Å². The summed E-state index contributed by atoms with van der Waals surface area (Å²) < 4.78 is 68.5. The van der Waals surface area contributed by atoms with Crippen LogP contribution in [0.4, 0.5) is 0 Å². The summed E-state index contributed by atoms with van der Waals surface area (Å²) >= 11 is 0. The first-order valence-corrected chi connectivity index (χ1v) is 41.5. The number of esters is 4. The van der Waals surface area contributed by atoms with Crippen molar-refractivity contribution in [2.45, 2.75) is 367 Å². The average Bonchev–Trinajstić information content (AvgIpc) is 3.12. The van der Waals surface area contributed by atoms with Gasteiger partial charge in [0, 0.05) is 25.7 Å². The highest BCUT2D eigenvalue weighted by atomic mass is 31.2. The second-order valence-corrected chi connectivity index (χ2v) is 28.8. The highest BCUT2D eigenvalue weighted by Crippen LogP contribution is 2.45. The van der Waals surface area contributed by atoms with E-state index in [9.17, 15) is 43.2 Å². The number of ether oxygens (including phenoxy) is 4. The molecule has 560 valence electrons. The summed E-state index contributed by atoms with van der Waals surface area (Å²) in [5, 5.41) is 10.6. The van der Waals surface area contributed by atoms with E-state index in [1.165, 1.54) is 135 Å². The minimum Gasteiger partial charge on any atom is -0.462 e. The van der Waals surface area contributed by atoms with E-state index in [1.54, 1.807) is 0 Å². The van der Waals surface area contributed by atoms with Gasteiger partial charge in [-0.25, -0.2) is 9.13 Å². The number of unbranched alkanes of at least 4 members (excludes halogenated alkanes) is 37. The first kappa shape index (κ1) is 92.8.